The molecule has 0 spiro atoms. The summed E-state index contributed by atoms with van der Waals surface area (Å²) >= 11 is 0. The number of ether oxygens (including phenoxy) is 1. The van der Waals surface area contributed by atoms with Crippen molar-refractivity contribution in [1.29, 1.82) is 0 Å². The standard InChI is InChI=1S/C17H18N2O5/c20-17(15-9-10-16(24-15)19(21)22)18-11-12-5-1-4-8-14(12)23-13-6-2-3-7-13/h1,4-5,8-10,13H,2-3,6-7,11H2,(H,18,20). The Morgan fingerprint density at radius 1 is 1.25 bits per heavy atom. The normalized spacial score (nSPS) is 14.5. The quantitative estimate of drug-likeness (QED) is 0.646. The summed E-state index contributed by atoms with van der Waals surface area (Å²) < 4.78 is 10.9. The number of rotatable bonds is 6. The average molecular weight is 330 g/mol. The van der Waals surface area contributed by atoms with Gasteiger partial charge in [-0.3, -0.25) is 14.9 Å². The zero-order valence-electron chi connectivity index (χ0n) is 13.1. The Balaban J connectivity index is 1.63. The molecule has 1 aliphatic rings. The van der Waals surface area contributed by atoms with Crippen LogP contribution in [0.3, 0.4) is 0 Å². The van der Waals surface area contributed by atoms with Gasteiger partial charge in [0.15, 0.2) is 5.76 Å². The van der Waals surface area contributed by atoms with Crippen molar-refractivity contribution < 1.29 is 18.9 Å². The van der Waals surface area contributed by atoms with Crippen LogP contribution in [0.1, 0.15) is 41.8 Å². The van der Waals surface area contributed by atoms with Crippen molar-refractivity contribution in [2.24, 2.45) is 0 Å². The Kier molecular flexibility index (Phi) is 4.79. The second kappa shape index (κ2) is 7.16. The largest absolute Gasteiger partial charge is 0.490 e. The first-order chi connectivity index (χ1) is 11.6. The molecule has 0 atom stereocenters. The molecule has 1 amide bonds. The van der Waals surface area contributed by atoms with Crippen LogP contribution in [0.5, 0.6) is 5.75 Å². The SMILES string of the molecule is O=C(NCc1ccccc1OC1CCCC1)c1ccc([N+](=O)[O-])o1. The molecule has 0 unspecified atom stereocenters. The minimum absolute atomic E-state index is 0.0871. The number of para-hydroxylation sites is 1. The number of nitrogens with zero attached hydrogens (tertiary/aromatic N) is 1. The van der Waals surface area contributed by atoms with Crippen molar-refractivity contribution in [2.75, 3.05) is 0 Å². The van der Waals surface area contributed by atoms with Gasteiger partial charge in [0.1, 0.15) is 10.7 Å². The summed E-state index contributed by atoms with van der Waals surface area (Å²) in [5.74, 6) is -0.282. The van der Waals surface area contributed by atoms with Crippen LogP contribution in [-0.2, 0) is 6.54 Å². The van der Waals surface area contributed by atoms with Crippen LogP contribution in [0.4, 0.5) is 5.88 Å². The predicted molar refractivity (Wildman–Crippen MR) is 85.9 cm³/mol. The molecule has 24 heavy (non-hydrogen) atoms. The van der Waals surface area contributed by atoms with Crippen molar-refractivity contribution >= 4 is 11.8 Å². The number of amides is 1. The molecule has 0 bridgehead atoms. The summed E-state index contributed by atoms with van der Waals surface area (Å²) in [5, 5.41) is 13.3. The minimum Gasteiger partial charge on any atom is -0.490 e. The highest BCUT2D eigenvalue weighted by Crippen LogP contribution is 2.26. The molecule has 7 heteroatoms. The maximum absolute atomic E-state index is 12.0. The van der Waals surface area contributed by atoms with Crippen LogP contribution >= 0.6 is 0 Å². The van der Waals surface area contributed by atoms with Crippen molar-refractivity contribution in [3.8, 4) is 5.75 Å². The third-order valence-corrected chi connectivity index (χ3v) is 4.00. The van der Waals surface area contributed by atoms with Gasteiger partial charge in [0.05, 0.1) is 12.2 Å². The zero-order chi connectivity index (χ0) is 16.9. The van der Waals surface area contributed by atoms with Gasteiger partial charge in [-0.25, -0.2) is 0 Å². The maximum atomic E-state index is 12.0. The second-order valence-electron chi connectivity index (χ2n) is 5.71. The summed E-state index contributed by atoms with van der Waals surface area (Å²) in [6.45, 7) is 0.260. The number of furan rings is 1. The topological polar surface area (TPSA) is 94.6 Å². The van der Waals surface area contributed by atoms with E-state index < -0.39 is 16.7 Å². The number of nitro groups is 1. The van der Waals surface area contributed by atoms with E-state index in [1.807, 2.05) is 24.3 Å². The summed E-state index contributed by atoms with van der Waals surface area (Å²) in [6.07, 6.45) is 4.70. The molecule has 3 rings (SSSR count). The molecule has 0 saturated heterocycles. The molecule has 0 radical (unpaired) electrons. The van der Waals surface area contributed by atoms with Crippen molar-refractivity contribution in [2.45, 2.75) is 38.3 Å². The lowest BCUT2D eigenvalue weighted by Gasteiger charge is -2.16. The van der Waals surface area contributed by atoms with E-state index in [4.69, 9.17) is 9.15 Å². The van der Waals surface area contributed by atoms with E-state index in [1.165, 1.54) is 18.9 Å². The van der Waals surface area contributed by atoms with Crippen LogP contribution < -0.4 is 10.1 Å². The molecule has 126 valence electrons. The molecule has 1 N–H and O–H groups in total. The fourth-order valence-corrected chi connectivity index (χ4v) is 2.76. The molecule has 2 aromatic rings. The molecular weight excluding hydrogens is 312 g/mol. The average Bonchev–Trinajstić information content (AvgIpc) is 3.25. The summed E-state index contributed by atoms with van der Waals surface area (Å²) in [5.41, 5.74) is 0.860. The van der Waals surface area contributed by atoms with Crippen LogP contribution in [-0.4, -0.2) is 16.9 Å². The molecule has 1 fully saturated rings. The molecular formula is C17H18N2O5. The third-order valence-electron chi connectivity index (χ3n) is 4.00. The van der Waals surface area contributed by atoms with E-state index in [9.17, 15) is 14.9 Å². The highest BCUT2D eigenvalue weighted by atomic mass is 16.6. The fourth-order valence-electron chi connectivity index (χ4n) is 2.76. The number of hydrogen-bond donors (Lipinski definition) is 1. The molecule has 1 aromatic heterocycles. The lowest BCUT2D eigenvalue weighted by Crippen LogP contribution is -2.23. The van der Waals surface area contributed by atoms with Crippen LogP contribution in [0.25, 0.3) is 0 Å². The van der Waals surface area contributed by atoms with Gasteiger partial charge in [0, 0.05) is 12.1 Å². The van der Waals surface area contributed by atoms with Gasteiger partial charge in [-0.05, 0) is 37.8 Å². The van der Waals surface area contributed by atoms with Gasteiger partial charge in [-0.1, -0.05) is 18.2 Å². The minimum atomic E-state index is -0.679. The van der Waals surface area contributed by atoms with E-state index in [1.54, 1.807) is 0 Å². The first-order valence-corrected chi connectivity index (χ1v) is 7.90. The Morgan fingerprint density at radius 3 is 2.71 bits per heavy atom. The number of carbonyl (C=O) groups excluding carboxylic acids is 1. The Bertz CT molecular complexity index is 734. The zero-order valence-corrected chi connectivity index (χ0v) is 13.1. The van der Waals surface area contributed by atoms with Gasteiger partial charge in [0.25, 0.3) is 5.91 Å². The Hall–Kier alpha value is -2.83. The number of nitrogens with one attached hydrogen (secondary N) is 1. The first-order valence-electron chi connectivity index (χ1n) is 7.90. The smallest absolute Gasteiger partial charge is 0.433 e. The van der Waals surface area contributed by atoms with Crippen LogP contribution in [0.2, 0.25) is 0 Å². The highest BCUT2D eigenvalue weighted by molar-refractivity contribution is 5.91. The Labute approximate surface area is 138 Å². The summed E-state index contributed by atoms with van der Waals surface area (Å²) in [6, 6.07) is 9.99. The van der Waals surface area contributed by atoms with E-state index in [2.05, 4.69) is 5.32 Å². The molecule has 1 saturated carbocycles. The van der Waals surface area contributed by atoms with Gasteiger partial charge >= 0.3 is 5.88 Å². The van der Waals surface area contributed by atoms with Gasteiger partial charge in [-0.2, -0.15) is 0 Å². The van der Waals surface area contributed by atoms with Gasteiger partial charge in [0.2, 0.25) is 0 Å². The highest BCUT2D eigenvalue weighted by Gasteiger charge is 2.19. The maximum Gasteiger partial charge on any atom is 0.433 e. The van der Waals surface area contributed by atoms with E-state index in [-0.39, 0.29) is 18.4 Å². The van der Waals surface area contributed by atoms with E-state index in [0.717, 1.165) is 30.2 Å². The van der Waals surface area contributed by atoms with Gasteiger partial charge < -0.3 is 14.5 Å². The van der Waals surface area contributed by atoms with Crippen LogP contribution in [0.15, 0.2) is 40.8 Å². The molecule has 0 aliphatic heterocycles. The van der Waals surface area contributed by atoms with Crippen molar-refractivity contribution in [3.63, 3.8) is 0 Å². The van der Waals surface area contributed by atoms with E-state index >= 15 is 0 Å². The summed E-state index contributed by atoms with van der Waals surface area (Å²) in [7, 11) is 0. The lowest BCUT2D eigenvalue weighted by molar-refractivity contribution is -0.402. The molecule has 1 aliphatic carbocycles. The van der Waals surface area contributed by atoms with Crippen molar-refractivity contribution in [3.05, 3.63) is 57.8 Å². The van der Waals surface area contributed by atoms with Gasteiger partial charge in [-0.15, -0.1) is 0 Å². The van der Waals surface area contributed by atoms with E-state index in [0.29, 0.717) is 0 Å². The summed E-state index contributed by atoms with van der Waals surface area (Å²) in [4.78, 5) is 22.0. The Morgan fingerprint density at radius 2 is 2.00 bits per heavy atom. The predicted octanol–water partition coefficient (Wildman–Crippen LogP) is 3.44. The lowest BCUT2D eigenvalue weighted by atomic mass is 10.2. The molecule has 1 aromatic carbocycles. The molecule has 1 heterocycles. The monoisotopic (exact) mass is 330 g/mol. The third kappa shape index (κ3) is 3.73. The second-order valence-corrected chi connectivity index (χ2v) is 5.71. The number of benzene rings is 1. The first kappa shape index (κ1) is 16.0. The number of carbonyl (C=O) groups is 1. The van der Waals surface area contributed by atoms with Crippen molar-refractivity contribution in [1.82, 2.24) is 5.32 Å². The van der Waals surface area contributed by atoms with Crippen LogP contribution in [0, 0.1) is 10.1 Å². The fraction of sp³-hybridized carbons (Fsp3) is 0.353. The number of hydrogen-bond acceptors (Lipinski definition) is 5. The molecule has 7 nitrogen and oxygen atoms in total.